The molecule has 0 spiro atoms. The molecule has 0 bridgehead atoms. The Bertz CT molecular complexity index is 368. The monoisotopic (exact) mass is 178 g/mol. The van der Waals surface area contributed by atoms with Crippen LogP contribution in [0.25, 0.3) is 5.69 Å². The van der Waals surface area contributed by atoms with Crippen molar-refractivity contribution in [3.63, 3.8) is 0 Å². The van der Waals surface area contributed by atoms with Crippen LogP contribution in [0.3, 0.4) is 0 Å². The van der Waals surface area contributed by atoms with Gasteiger partial charge >= 0.3 is 0 Å². The molecule has 0 fully saturated rings. The van der Waals surface area contributed by atoms with Crippen molar-refractivity contribution < 1.29 is 4.74 Å². The molecule has 6 heteroatoms. The summed E-state index contributed by atoms with van der Waals surface area (Å²) in [5, 5.41) is 14.0. The van der Waals surface area contributed by atoms with Gasteiger partial charge in [-0.05, 0) is 45.1 Å². The molecular formula is C7H7N5O. The summed E-state index contributed by atoms with van der Waals surface area (Å²) in [4.78, 5) is 1.33. The number of hydrogen-bond donors (Lipinski definition) is 0. The van der Waals surface area contributed by atoms with Gasteiger partial charge in [-0.15, -0.1) is 4.80 Å². The van der Waals surface area contributed by atoms with Crippen LogP contribution >= 0.6 is 0 Å². The van der Waals surface area contributed by atoms with Gasteiger partial charge in [0.15, 0.2) is 0 Å². The van der Waals surface area contributed by atoms with Crippen LogP contribution in [-0.4, -0.2) is 32.8 Å². The predicted octanol–water partition coefficient (Wildman–Crippen LogP) is 0.0659. The van der Waals surface area contributed by atoms with Gasteiger partial charge < -0.3 is 4.74 Å². The lowest BCUT2D eigenvalue weighted by Crippen LogP contribution is -1.98. The number of ether oxygens (including phenoxy) is 1. The maximum absolute atomic E-state index is 5.01. The SMILES string of the molecule is COc1ccc(-n2nnn[15n]2)cc1. The minimum Gasteiger partial charge on any atom is -0.497 e. The number of aromatic nitrogens is 5. The summed E-state index contributed by atoms with van der Waals surface area (Å²) in [6, 6.07) is 7.28. The summed E-state index contributed by atoms with van der Waals surface area (Å²) < 4.78 is 5.01. The van der Waals surface area contributed by atoms with E-state index >= 15 is 0 Å². The molecule has 0 aliphatic carbocycles. The normalized spacial score (nSPS) is 9.92. The van der Waals surface area contributed by atoms with Crippen molar-refractivity contribution in [3.05, 3.63) is 24.3 Å². The minimum atomic E-state index is 0.789. The van der Waals surface area contributed by atoms with Crippen LogP contribution in [0.2, 0.25) is 0 Å². The third-order valence-corrected chi connectivity index (χ3v) is 1.59. The van der Waals surface area contributed by atoms with Crippen molar-refractivity contribution in [3.8, 4) is 11.4 Å². The molecule has 1 aromatic heterocycles. The Labute approximate surface area is 74.1 Å². The van der Waals surface area contributed by atoms with Crippen molar-refractivity contribution >= 4 is 0 Å². The van der Waals surface area contributed by atoms with Crippen LogP contribution in [0.4, 0.5) is 0 Å². The Kier molecular flexibility index (Phi) is 1.87. The standard InChI is InChI=1S/C7H7N5O/c1-13-7-4-2-6(3-5-7)12-10-8-9-11-12/h2-5H,1H3/i10+1. The number of hydrogen-bond acceptors (Lipinski definition) is 5. The summed E-state index contributed by atoms with van der Waals surface area (Å²) >= 11 is 0. The average molecular weight is 178 g/mol. The van der Waals surface area contributed by atoms with Crippen LogP contribution in [0.5, 0.6) is 5.75 Å². The van der Waals surface area contributed by atoms with E-state index < -0.39 is 0 Å². The Morgan fingerprint density at radius 2 is 1.69 bits per heavy atom. The largest absolute Gasteiger partial charge is 0.497 e. The molecule has 6 nitrogen and oxygen atoms in total. The molecular weight excluding hydrogens is 171 g/mol. The molecule has 0 aliphatic heterocycles. The van der Waals surface area contributed by atoms with Crippen LogP contribution in [0, 0.1) is 0 Å². The zero-order chi connectivity index (χ0) is 9.10. The molecule has 0 saturated carbocycles. The van der Waals surface area contributed by atoms with Gasteiger partial charge in [-0.3, -0.25) is 0 Å². The molecule has 0 saturated heterocycles. The average Bonchev–Trinajstić information content (AvgIpc) is 2.71. The van der Waals surface area contributed by atoms with Gasteiger partial charge in [-0.1, -0.05) is 0 Å². The van der Waals surface area contributed by atoms with E-state index in [-0.39, 0.29) is 0 Å². The van der Waals surface area contributed by atoms with Gasteiger partial charge in [0.25, 0.3) is 0 Å². The molecule has 2 rings (SSSR count). The fourth-order valence-corrected chi connectivity index (χ4v) is 0.948. The zero-order valence-electron chi connectivity index (χ0n) is 6.95. The van der Waals surface area contributed by atoms with Crippen LogP contribution in [0.15, 0.2) is 24.3 Å². The van der Waals surface area contributed by atoms with Gasteiger partial charge in [0.1, 0.15) is 5.75 Å². The third kappa shape index (κ3) is 1.46. The molecule has 0 radical (unpaired) electrons. The second-order valence-electron chi connectivity index (χ2n) is 2.35. The number of nitrogens with zero attached hydrogens (tertiary/aromatic N) is 5. The topological polar surface area (TPSA) is 65.7 Å². The fourth-order valence-electron chi connectivity index (χ4n) is 0.948. The molecule has 2 aromatic rings. The molecule has 0 N–H and O–H groups in total. The minimum absolute atomic E-state index is 0.789. The Hall–Kier alpha value is -1.98. The Morgan fingerprint density at radius 3 is 2.23 bits per heavy atom. The molecule has 66 valence electrons. The fraction of sp³-hybridized carbons (Fsp3) is 0.143. The highest BCUT2D eigenvalue weighted by molar-refractivity contribution is 5.35. The van der Waals surface area contributed by atoms with E-state index in [2.05, 4.69) is 20.9 Å². The summed E-state index contributed by atoms with van der Waals surface area (Å²) in [6.45, 7) is 0. The number of benzene rings is 1. The smallest absolute Gasteiger partial charge is 0.119 e. The summed E-state index contributed by atoms with van der Waals surface area (Å²) in [5.74, 6) is 0.789. The van der Waals surface area contributed by atoms with Gasteiger partial charge in [-0.2, -0.15) is 0 Å². The van der Waals surface area contributed by atoms with Gasteiger partial charge in [0.05, 0.1) is 12.8 Å². The Morgan fingerprint density at radius 1 is 1.08 bits per heavy atom. The van der Waals surface area contributed by atoms with E-state index in [1.54, 1.807) is 7.11 Å². The number of rotatable bonds is 2. The van der Waals surface area contributed by atoms with E-state index in [4.69, 9.17) is 4.74 Å². The second-order valence-corrected chi connectivity index (χ2v) is 2.35. The summed E-state index contributed by atoms with van der Waals surface area (Å²) in [7, 11) is 1.62. The lowest BCUT2D eigenvalue weighted by Gasteiger charge is -1.99. The van der Waals surface area contributed by atoms with Gasteiger partial charge in [0, 0.05) is 0 Å². The summed E-state index contributed by atoms with van der Waals surface area (Å²) in [6.07, 6.45) is 0. The number of methoxy groups -OCH3 is 1. The highest BCUT2D eigenvalue weighted by atomic mass is 16.5. The van der Waals surface area contributed by atoms with Crippen molar-refractivity contribution in [2.24, 2.45) is 0 Å². The Balaban J connectivity index is 2.33. The van der Waals surface area contributed by atoms with E-state index in [1.807, 2.05) is 24.3 Å². The molecule has 1 aromatic carbocycles. The van der Waals surface area contributed by atoms with E-state index in [9.17, 15) is 0 Å². The van der Waals surface area contributed by atoms with E-state index in [0.717, 1.165) is 11.4 Å². The van der Waals surface area contributed by atoms with Gasteiger partial charge in [0.2, 0.25) is 0 Å². The van der Waals surface area contributed by atoms with Crippen LogP contribution < -0.4 is 4.74 Å². The first-order valence-corrected chi connectivity index (χ1v) is 3.66. The third-order valence-electron chi connectivity index (χ3n) is 1.59. The summed E-state index contributed by atoms with van der Waals surface area (Å²) in [5.41, 5.74) is 0.797. The van der Waals surface area contributed by atoms with Crippen LogP contribution in [-0.2, 0) is 0 Å². The first-order chi connectivity index (χ1) is 6.40. The first kappa shape index (κ1) is 7.66. The maximum atomic E-state index is 5.01. The van der Waals surface area contributed by atoms with E-state index in [0.29, 0.717) is 0 Å². The van der Waals surface area contributed by atoms with Gasteiger partial charge in [-0.25, -0.2) is 0 Å². The molecule has 0 aliphatic rings. The highest BCUT2D eigenvalue weighted by Crippen LogP contribution is 2.12. The van der Waals surface area contributed by atoms with E-state index in [1.165, 1.54) is 4.80 Å². The lowest BCUT2D eigenvalue weighted by molar-refractivity contribution is 0.414. The first-order valence-electron chi connectivity index (χ1n) is 3.66. The second kappa shape index (κ2) is 3.18. The van der Waals surface area contributed by atoms with Crippen molar-refractivity contribution in [1.29, 1.82) is 0 Å². The van der Waals surface area contributed by atoms with Crippen molar-refractivity contribution in [2.75, 3.05) is 7.11 Å². The predicted molar refractivity (Wildman–Crippen MR) is 43.5 cm³/mol. The molecule has 0 atom stereocenters. The molecule has 0 amide bonds. The molecule has 13 heavy (non-hydrogen) atoms. The lowest BCUT2D eigenvalue weighted by atomic mass is 10.3. The highest BCUT2D eigenvalue weighted by Gasteiger charge is 1.98. The zero-order valence-corrected chi connectivity index (χ0v) is 6.95. The quantitative estimate of drug-likeness (QED) is 0.650. The maximum Gasteiger partial charge on any atom is 0.119 e. The van der Waals surface area contributed by atoms with Crippen molar-refractivity contribution in [1.82, 2.24) is 25.7 Å². The van der Waals surface area contributed by atoms with Crippen LogP contribution in [0.1, 0.15) is 0 Å². The molecule has 1 heterocycles. The molecule has 0 unspecified atom stereocenters. The van der Waals surface area contributed by atoms with Crippen molar-refractivity contribution in [2.45, 2.75) is 0 Å².